The molecule has 0 spiro atoms. The van der Waals surface area contributed by atoms with Crippen molar-refractivity contribution < 1.29 is 19.2 Å². The second-order valence-electron chi connectivity index (χ2n) is 13.1. The van der Waals surface area contributed by atoms with E-state index in [1.54, 1.807) is 6.20 Å². The number of amides is 4. The van der Waals surface area contributed by atoms with E-state index in [0.29, 0.717) is 65.0 Å². The molecule has 236 valence electrons. The van der Waals surface area contributed by atoms with Gasteiger partial charge in [0.15, 0.2) is 0 Å². The third-order valence-electron chi connectivity index (χ3n) is 10.6. The summed E-state index contributed by atoms with van der Waals surface area (Å²) in [6.45, 7) is 5.05. The van der Waals surface area contributed by atoms with Gasteiger partial charge in [0.25, 0.3) is 0 Å². The standard InChI is InChI=1S/C35H42N6O4/c1-2-35-28(34(45)40-19-17-39(18-20-40)32(43)23-10-11-23)21-24(22-30(42)37-15-12-25-7-5-6-14-36-25)33(44)41(35)16-13-27-26-8-3-4-9-29(26)38-31(27)35/h3-9,14,23-24,28,38H,2,10-13,15-22H2,1H3,(H,37,42)/t24?,28-,35+/m1/s1. The summed E-state index contributed by atoms with van der Waals surface area (Å²) in [5.74, 6) is -0.945. The predicted octanol–water partition coefficient (Wildman–Crippen LogP) is 3.02. The first-order chi connectivity index (χ1) is 21.9. The fourth-order valence-electron chi connectivity index (χ4n) is 8.07. The lowest BCUT2D eigenvalue weighted by Gasteiger charge is -2.56. The molecular weight excluding hydrogens is 568 g/mol. The monoisotopic (exact) mass is 610 g/mol. The van der Waals surface area contributed by atoms with Crippen LogP contribution in [0.25, 0.3) is 10.9 Å². The fourth-order valence-corrected chi connectivity index (χ4v) is 8.07. The summed E-state index contributed by atoms with van der Waals surface area (Å²) in [6, 6.07) is 13.9. The molecule has 2 N–H and O–H groups in total. The Bertz CT molecular complexity index is 1610. The molecule has 0 bridgehead atoms. The molecule has 1 unspecified atom stereocenters. The number of para-hydroxylation sites is 1. The van der Waals surface area contributed by atoms with Crippen LogP contribution in [-0.2, 0) is 37.6 Å². The Morgan fingerprint density at radius 1 is 0.978 bits per heavy atom. The van der Waals surface area contributed by atoms with Crippen LogP contribution in [-0.4, -0.2) is 87.6 Å². The van der Waals surface area contributed by atoms with Crippen LogP contribution < -0.4 is 5.32 Å². The van der Waals surface area contributed by atoms with Gasteiger partial charge in [-0.05, 0) is 55.9 Å². The number of carbonyl (C=O) groups excluding carboxylic acids is 4. The molecule has 1 saturated carbocycles. The molecule has 1 aliphatic carbocycles. The molecule has 2 aromatic heterocycles. The van der Waals surface area contributed by atoms with Crippen LogP contribution in [0.2, 0.25) is 0 Å². The van der Waals surface area contributed by atoms with Crippen LogP contribution in [0.1, 0.15) is 56.0 Å². The minimum absolute atomic E-state index is 0.0138. The van der Waals surface area contributed by atoms with Crippen LogP contribution in [0, 0.1) is 17.8 Å². The Hall–Kier alpha value is -4.21. The SMILES string of the molecule is CC[C@]12c3[nH]c4ccccc4c3CCN1C(=O)C(CC(=O)NCCc1ccccn1)C[C@@H]2C(=O)N1CCN(C(=O)C2CC2)CC1. The van der Waals surface area contributed by atoms with Crippen molar-refractivity contribution in [2.75, 3.05) is 39.3 Å². The molecule has 3 aliphatic heterocycles. The van der Waals surface area contributed by atoms with Gasteiger partial charge < -0.3 is 25.0 Å². The maximum absolute atomic E-state index is 14.6. The molecule has 4 aliphatic rings. The second kappa shape index (κ2) is 11.9. The number of rotatable bonds is 8. The number of nitrogens with one attached hydrogen (secondary N) is 2. The average Bonchev–Trinajstić information content (AvgIpc) is 3.85. The molecular formula is C35H42N6O4. The van der Waals surface area contributed by atoms with Crippen LogP contribution >= 0.6 is 0 Å². The number of hydrogen-bond acceptors (Lipinski definition) is 5. The summed E-state index contributed by atoms with van der Waals surface area (Å²) in [7, 11) is 0. The number of carbonyl (C=O) groups is 4. The van der Waals surface area contributed by atoms with Gasteiger partial charge in [0.1, 0.15) is 0 Å². The van der Waals surface area contributed by atoms with Crippen molar-refractivity contribution in [1.29, 1.82) is 0 Å². The van der Waals surface area contributed by atoms with Crippen molar-refractivity contribution in [3.63, 3.8) is 0 Å². The van der Waals surface area contributed by atoms with Crippen LogP contribution in [0.15, 0.2) is 48.7 Å². The Morgan fingerprint density at radius 2 is 1.71 bits per heavy atom. The zero-order valence-corrected chi connectivity index (χ0v) is 26.0. The van der Waals surface area contributed by atoms with E-state index in [9.17, 15) is 19.2 Å². The molecule has 3 fully saturated rings. The first kappa shape index (κ1) is 29.5. The van der Waals surface area contributed by atoms with E-state index < -0.39 is 17.4 Å². The molecule has 3 atom stereocenters. The zero-order valence-electron chi connectivity index (χ0n) is 26.0. The van der Waals surface area contributed by atoms with Gasteiger partial charge >= 0.3 is 0 Å². The molecule has 0 radical (unpaired) electrons. The van der Waals surface area contributed by atoms with Crippen molar-refractivity contribution in [2.24, 2.45) is 17.8 Å². The smallest absolute Gasteiger partial charge is 0.228 e. The molecule has 45 heavy (non-hydrogen) atoms. The lowest BCUT2D eigenvalue weighted by molar-refractivity contribution is -0.167. The van der Waals surface area contributed by atoms with Gasteiger partial charge in [-0.2, -0.15) is 0 Å². The van der Waals surface area contributed by atoms with E-state index in [4.69, 9.17) is 0 Å². The lowest BCUT2D eigenvalue weighted by atomic mass is 9.65. The van der Waals surface area contributed by atoms with Gasteiger partial charge in [-0.3, -0.25) is 24.2 Å². The fraction of sp³-hybridized carbons (Fsp3) is 0.514. The maximum Gasteiger partial charge on any atom is 0.228 e. The highest BCUT2D eigenvalue weighted by Crippen LogP contribution is 2.52. The summed E-state index contributed by atoms with van der Waals surface area (Å²) < 4.78 is 0. The molecule has 7 rings (SSSR count). The van der Waals surface area contributed by atoms with Gasteiger partial charge in [0.05, 0.1) is 11.5 Å². The number of H-pyrrole nitrogens is 1. The number of fused-ring (bicyclic) bond motifs is 5. The Morgan fingerprint density at radius 3 is 2.42 bits per heavy atom. The van der Waals surface area contributed by atoms with Crippen molar-refractivity contribution in [3.05, 3.63) is 65.6 Å². The molecule has 3 aromatic rings. The quantitative estimate of drug-likeness (QED) is 0.407. The summed E-state index contributed by atoms with van der Waals surface area (Å²) in [5, 5.41) is 4.12. The Kier molecular flexibility index (Phi) is 7.83. The van der Waals surface area contributed by atoms with E-state index in [2.05, 4.69) is 34.3 Å². The molecule has 10 nitrogen and oxygen atoms in total. The highest BCUT2D eigenvalue weighted by atomic mass is 16.2. The van der Waals surface area contributed by atoms with Gasteiger partial charge in [0, 0.05) is 92.4 Å². The predicted molar refractivity (Wildman–Crippen MR) is 169 cm³/mol. The minimum atomic E-state index is -0.826. The van der Waals surface area contributed by atoms with Gasteiger partial charge in [-0.25, -0.2) is 0 Å². The Labute approximate surface area is 263 Å². The maximum atomic E-state index is 14.6. The molecule has 2 saturated heterocycles. The van der Waals surface area contributed by atoms with Crippen molar-refractivity contribution >= 4 is 34.5 Å². The summed E-state index contributed by atoms with van der Waals surface area (Å²) >= 11 is 0. The lowest BCUT2D eigenvalue weighted by Crippen LogP contribution is -2.66. The number of piperazine rings is 1. The van der Waals surface area contributed by atoms with Gasteiger partial charge in [0.2, 0.25) is 23.6 Å². The summed E-state index contributed by atoms with van der Waals surface area (Å²) in [5.41, 5.74) is 3.22. The van der Waals surface area contributed by atoms with E-state index in [-0.39, 0.29) is 36.0 Å². The average molecular weight is 611 g/mol. The van der Waals surface area contributed by atoms with Crippen molar-refractivity contribution in [3.8, 4) is 0 Å². The Balaban J connectivity index is 1.16. The topological polar surface area (TPSA) is 119 Å². The molecule has 4 amide bonds. The number of aromatic amines is 1. The van der Waals surface area contributed by atoms with Crippen LogP contribution in [0.3, 0.4) is 0 Å². The number of pyridine rings is 1. The van der Waals surface area contributed by atoms with E-state index in [0.717, 1.165) is 35.1 Å². The van der Waals surface area contributed by atoms with Crippen LogP contribution in [0.5, 0.6) is 0 Å². The van der Waals surface area contributed by atoms with E-state index >= 15 is 0 Å². The highest BCUT2D eigenvalue weighted by Gasteiger charge is 2.59. The van der Waals surface area contributed by atoms with Crippen molar-refractivity contribution in [2.45, 2.75) is 57.4 Å². The number of aromatic nitrogens is 2. The third-order valence-corrected chi connectivity index (χ3v) is 10.6. The number of hydrogen-bond donors (Lipinski definition) is 2. The third kappa shape index (κ3) is 5.27. The first-order valence-electron chi connectivity index (χ1n) is 16.6. The minimum Gasteiger partial charge on any atom is -0.356 e. The largest absolute Gasteiger partial charge is 0.356 e. The van der Waals surface area contributed by atoms with Gasteiger partial charge in [-0.1, -0.05) is 31.2 Å². The molecule has 10 heteroatoms. The van der Waals surface area contributed by atoms with Crippen molar-refractivity contribution in [1.82, 2.24) is 30.0 Å². The number of nitrogens with zero attached hydrogens (tertiary/aromatic N) is 4. The van der Waals surface area contributed by atoms with Crippen LogP contribution in [0.4, 0.5) is 0 Å². The van der Waals surface area contributed by atoms with Gasteiger partial charge in [-0.15, -0.1) is 0 Å². The second-order valence-corrected chi connectivity index (χ2v) is 13.1. The molecule has 5 heterocycles. The summed E-state index contributed by atoms with van der Waals surface area (Å²) in [4.78, 5) is 68.5. The number of benzene rings is 1. The normalized spacial score (nSPS) is 24.7. The zero-order chi connectivity index (χ0) is 31.1. The van der Waals surface area contributed by atoms with E-state index in [1.807, 2.05) is 45.0 Å². The number of piperidine rings is 1. The highest BCUT2D eigenvalue weighted by molar-refractivity contribution is 5.93. The first-order valence-corrected chi connectivity index (χ1v) is 16.6. The van der Waals surface area contributed by atoms with E-state index in [1.165, 1.54) is 5.56 Å². The molecule has 1 aromatic carbocycles. The summed E-state index contributed by atoms with van der Waals surface area (Å²) in [6.07, 6.45) is 5.90.